The van der Waals surface area contributed by atoms with Crippen LogP contribution in [0.25, 0.3) is 0 Å². The fraction of sp³-hybridized carbons (Fsp3) is 0.176. The molecule has 0 radical (unpaired) electrons. The molecule has 0 bridgehead atoms. The summed E-state index contributed by atoms with van der Waals surface area (Å²) < 4.78 is 42.9. The van der Waals surface area contributed by atoms with E-state index in [2.05, 4.69) is 10.6 Å². The predicted octanol–water partition coefficient (Wildman–Crippen LogP) is 2.97. The van der Waals surface area contributed by atoms with Gasteiger partial charge >= 0.3 is 18.0 Å². The van der Waals surface area contributed by atoms with E-state index in [4.69, 9.17) is 4.74 Å². The smallest absolute Gasteiger partial charge is 0.416 e. The number of hydrogen-bond acceptors (Lipinski definition) is 3. The topological polar surface area (TPSA) is 67.4 Å². The van der Waals surface area contributed by atoms with Crippen molar-refractivity contribution in [1.29, 1.82) is 0 Å². The lowest BCUT2D eigenvalue weighted by molar-refractivity contribution is -0.137. The Morgan fingerprint density at radius 3 is 2.44 bits per heavy atom. The molecule has 0 aliphatic rings. The van der Waals surface area contributed by atoms with E-state index in [-0.39, 0.29) is 12.2 Å². The molecule has 0 atom stereocenters. The molecule has 2 rings (SSSR count). The van der Waals surface area contributed by atoms with Gasteiger partial charge in [-0.25, -0.2) is 0 Å². The molecule has 2 amide bonds. The number of ether oxygens (including phenoxy) is 1. The van der Waals surface area contributed by atoms with Crippen LogP contribution in [-0.2, 0) is 22.3 Å². The van der Waals surface area contributed by atoms with Crippen LogP contribution in [0.5, 0.6) is 5.75 Å². The van der Waals surface area contributed by atoms with Crippen molar-refractivity contribution in [2.45, 2.75) is 12.7 Å². The Balaban J connectivity index is 1.95. The summed E-state index contributed by atoms with van der Waals surface area (Å²) in [5.41, 5.74) is -0.321. The standard InChI is InChI=1S/C17H15F3N2O3/c1-25-14-7-2-4-11(8-14)10-21-15(23)16(24)22-13-6-3-5-12(9-13)17(18,19)20/h2-9H,10H2,1H3,(H,21,23)(H,22,24). The Kier molecular flexibility index (Phi) is 5.63. The van der Waals surface area contributed by atoms with Crippen LogP contribution >= 0.6 is 0 Å². The molecule has 0 saturated heterocycles. The van der Waals surface area contributed by atoms with Crippen molar-refractivity contribution in [1.82, 2.24) is 5.32 Å². The fourth-order valence-electron chi connectivity index (χ4n) is 2.01. The lowest BCUT2D eigenvalue weighted by Gasteiger charge is -2.10. The lowest BCUT2D eigenvalue weighted by Crippen LogP contribution is -2.35. The van der Waals surface area contributed by atoms with E-state index >= 15 is 0 Å². The third kappa shape index (κ3) is 5.23. The third-order valence-corrected chi connectivity index (χ3v) is 3.24. The molecule has 2 aromatic rings. The van der Waals surface area contributed by atoms with Crippen LogP contribution in [-0.4, -0.2) is 18.9 Å². The van der Waals surface area contributed by atoms with Crippen molar-refractivity contribution in [3.63, 3.8) is 0 Å². The van der Waals surface area contributed by atoms with Gasteiger partial charge in [0.25, 0.3) is 0 Å². The van der Waals surface area contributed by atoms with Gasteiger partial charge in [0.05, 0.1) is 12.7 Å². The lowest BCUT2D eigenvalue weighted by atomic mass is 10.2. The van der Waals surface area contributed by atoms with Crippen LogP contribution in [0.2, 0.25) is 0 Å². The van der Waals surface area contributed by atoms with E-state index in [1.54, 1.807) is 24.3 Å². The molecule has 0 aliphatic heterocycles. The molecule has 2 N–H and O–H groups in total. The summed E-state index contributed by atoms with van der Waals surface area (Å²) in [4.78, 5) is 23.6. The van der Waals surface area contributed by atoms with Gasteiger partial charge in [0.15, 0.2) is 0 Å². The molecular weight excluding hydrogens is 337 g/mol. The van der Waals surface area contributed by atoms with Crippen LogP contribution in [0.1, 0.15) is 11.1 Å². The molecule has 25 heavy (non-hydrogen) atoms. The molecule has 0 saturated carbocycles. The number of methoxy groups -OCH3 is 1. The maximum Gasteiger partial charge on any atom is 0.416 e. The van der Waals surface area contributed by atoms with Crippen molar-refractivity contribution in [3.8, 4) is 5.75 Å². The summed E-state index contributed by atoms with van der Waals surface area (Å²) in [6.45, 7) is 0.0754. The van der Waals surface area contributed by atoms with Crippen LogP contribution in [0, 0.1) is 0 Å². The zero-order chi connectivity index (χ0) is 18.4. The van der Waals surface area contributed by atoms with Gasteiger partial charge in [0, 0.05) is 12.2 Å². The van der Waals surface area contributed by atoms with Crippen molar-refractivity contribution in [3.05, 3.63) is 59.7 Å². The van der Waals surface area contributed by atoms with Gasteiger partial charge in [-0.1, -0.05) is 18.2 Å². The number of amides is 2. The van der Waals surface area contributed by atoms with Gasteiger partial charge in [0.1, 0.15) is 5.75 Å². The van der Waals surface area contributed by atoms with E-state index in [1.165, 1.54) is 13.2 Å². The Hall–Kier alpha value is -3.03. The Labute approximate surface area is 141 Å². The molecule has 132 valence electrons. The van der Waals surface area contributed by atoms with Crippen LogP contribution < -0.4 is 15.4 Å². The van der Waals surface area contributed by atoms with Crippen LogP contribution in [0.4, 0.5) is 18.9 Å². The minimum Gasteiger partial charge on any atom is -0.497 e. The van der Waals surface area contributed by atoms with E-state index in [0.29, 0.717) is 11.3 Å². The number of rotatable bonds is 4. The van der Waals surface area contributed by atoms with Crippen molar-refractivity contribution >= 4 is 17.5 Å². The third-order valence-electron chi connectivity index (χ3n) is 3.24. The first-order valence-corrected chi connectivity index (χ1v) is 7.19. The highest BCUT2D eigenvalue weighted by atomic mass is 19.4. The summed E-state index contributed by atoms with van der Waals surface area (Å²) in [6.07, 6.45) is -4.53. The summed E-state index contributed by atoms with van der Waals surface area (Å²) in [7, 11) is 1.50. The zero-order valence-electron chi connectivity index (χ0n) is 13.2. The number of alkyl halides is 3. The molecule has 0 heterocycles. The molecule has 0 aromatic heterocycles. The van der Waals surface area contributed by atoms with Gasteiger partial charge < -0.3 is 15.4 Å². The van der Waals surface area contributed by atoms with Gasteiger partial charge in [-0.2, -0.15) is 13.2 Å². The zero-order valence-corrected chi connectivity index (χ0v) is 13.2. The van der Waals surface area contributed by atoms with Gasteiger partial charge in [-0.3, -0.25) is 9.59 Å². The molecule has 0 spiro atoms. The molecule has 0 unspecified atom stereocenters. The molecule has 0 aliphatic carbocycles. The second-order valence-corrected chi connectivity index (χ2v) is 5.07. The summed E-state index contributed by atoms with van der Waals surface area (Å²) in [5, 5.41) is 4.52. The van der Waals surface area contributed by atoms with E-state index < -0.39 is 23.6 Å². The first kappa shape index (κ1) is 18.3. The minimum atomic E-state index is -4.53. The van der Waals surface area contributed by atoms with E-state index in [0.717, 1.165) is 18.2 Å². The maximum atomic E-state index is 12.6. The SMILES string of the molecule is COc1cccc(CNC(=O)C(=O)Nc2cccc(C(F)(F)F)c2)c1. The predicted molar refractivity (Wildman–Crippen MR) is 84.9 cm³/mol. The number of carbonyl (C=O) groups excluding carboxylic acids is 2. The number of anilines is 1. The highest BCUT2D eigenvalue weighted by Gasteiger charge is 2.30. The summed E-state index contributed by atoms with van der Waals surface area (Å²) >= 11 is 0. The summed E-state index contributed by atoms with van der Waals surface area (Å²) in [5.74, 6) is -1.41. The number of benzene rings is 2. The van der Waals surface area contributed by atoms with Crippen LogP contribution in [0.15, 0.2) is 48.5 Å². The minimum absolute atomic E-state index is 0.0754. The van der Waals surface area contributed by atoms with Gasteiger partial charge in [-0.15, -0.1) is 0 Å². The second kappa shape index (κ2) is 7.69. The number of halogens is 3. The average molecular weight is 352 g/mol. The molecular formula is C17H15F3N2O3. The van der Waals surface area contributed by atoms with Crippen LogP contribution in [0.3, 0.4) is 0 Å². The summed E-state index contributed by atoms with van der Waals surface area (Å²) in [6, 6.07) is 10.9. The first-order chi connectivity index (χ1) is 11.8. The van der Waals surface area contributed by atoms with E-state index in [9.17, 15) is 22.8 Å². The first-order valence-electron chi connectivity index (χ1n) is 7.19. The normalized spacial score (nSPS) is 10.9. The van der Waals surface area contributed by atoms with Crippen molar-refractivity contribution < 1.29 is 27.5 Å². The molecule has 2 aromatic carbocycles. The number of carbonyl (C=O) groups is 2. The van der Waals surface area contributed by atoms with Crippen molar-refractivity contribution in [2.24, 2.45) is 0 Å². The van der Waals surface area contributed by atoms with Crippen molar-refractivity contribution in [2.75, 3.05) is 12.4 Å². The highest BCUT2D eigenvalue weighted by Crippen LogP contribution is 2.30. The largest absolute Gasteiger partial charge is 0.497 e. The number of hydrogen-bond donors (Lipinski definition) is 2. The molecule has 8 heteroatoms. The second-order valence-electron chi connectivity index (χ2n) is 5.07. The number of nitrogens with one attached hydrogen (secondary N) is 2. The molecule has 0 fully saturated rings. The van der Waals surface area contributed by atoms with Gasteiger partial charge in [-0.05, 0) is 35.9 Å². The quantitative estimate of drug-likeness (QED) is 0.832. The molecule has 5 nitrogen and oxygen atoms in total. The van der Waals surface area contributed by atoms with Gasteiger partial charge in [0.2, 0.25) is 0 Å². The average Bonchev–Trinajstić information content (AvgIpc) is 2.59. The highest BCUT2D eigenvalue weighted by molar-refractivity contribution is 6.39. The van der Waals surface area contributed by atoms with E-state index in [1.807, 2.05) is 0 Å². The Bertz CT molecular complexity index is 776. The monoisotopic (exact) mass is 352 g/mol. The maximum absolute atomic E-state index is 12.6. The fourth-order valence-corrected chi connectivity index (χ4v) is 2.01. The Morgan fingerprint density at radius 2 is 1.76 bits per heavy atom. The Morgan fingerprint density at radius 1 is 1.04 bits per heavy atom.